The van der Waals surface area contributed by atoms with Gasteiger partial charge in [0, 0.05) is 43.0 Å². The van der Waals surface area contributed by atoms with Crippen molar-refractivity contribution in [2.75, 3.05) is 37.1 Å². The van der Waals surface area contributed by atoms with Crippen LogP contribution in [0.25, 0.3) is 0 Å². The van der Waals surface area contributed by atoms with E-state index in [1.807, 2.05) is 0 Å². The number of anilines is 2. The van der Waals surface area contributed by atoms with Crippen LogP contribution in [0.1, 0.15) is 24.0 Å². The van der Waals surface area contributed by atoms with E-state index in [1.54, 1.807) is 59.3 Å². The predicted molar refractivity (Wildman–Crippen MR) is 212 cm³/mol. The number of urea groups is 1. The Morgan fingerprint density at radius 3 is 1.41 bits per heavy atom. The Balaban J connectivity index is 1.67. The average Bonchev–Trinajstić information content (AvgIpc) is 3.16. The summed E-state index contributed by atoms with van der Waals surface area (Å²) in [5.41, 5.74) is 0.544. The quantitative estimate of drug-likeness (QED) is 0.0718. The molecule has 2 atom stereocenters. The lowest BCUT2D eigenvalue weighted by Crippen LogP contribution is -2.57. The predicted octanol–water partition coefficient (Wildman–Crippen LogP) is 6.13. The number of nitrogens with one attached hydrogen (secondary N) is 3. The highest BCUT2D eigenvalue weighted by Crippen LogP contribution is 2.24. The Hall–Kier alpha value is -6.20. The highest BCUT2D eigenvalue weighted by molar-refractivity contribution is 7.88. The van der Waals surface area contributed by atoms with Gasteiger partial charge in [-0.05, 0) is 103 Å². The van der Waals surface area contributed by atoms with Crippen LogP contribution in [0.4, 0.5) is 33.7 Å². The van der Waals surface area contributed by atoms with Crippen molar-refractivity contribution in [3.05, 3.63) is 145 Å². The zero-order valence-corrected chi connectivity index (χ0v) is 32.5. The van der Waals surface area contributed by atoms with Crippen LogP contribution in [0.5, 0.6) is 11.5 Å². The molecule has 0 aliphatic rings. The number of methoxy groups -OCH3 is 2. The molecule has 4 aromatic carbocycles. The Bertz CT molecular complexity index is 2150. The number of halogens is 4. The second kappa shape index (κ2) is 20.8. The molecule has 0 saturated carbocycles. The number of benzene rings is 4. The summed E-state index contributed by atoms with van der Waals surface area (Å²) in [5, 5.41) is 2.29. The van der Waals surface area contributed by atoms with Crippen LogP contribution < -0.4 is 34.0 Å². The van der Waals surface area contributed by atoms with Crippen molar-refractivity contribution in [1.29, 1.82) is 0 Å². The Morgan fingerprint density at radius 1 is 0.655 bits per heavy atom. The first kappa shape index (κ1) is 44.5. The molecule has 4 aromatic rings. The van der Waals surface area contributed by atoms with Crippen LogP contribution in [0.3, 0.4) is 0 Å². The molecule has 0 bridgehead atoms. The minimum atomic E-state index is -5.02. The maximum absolute atomic E-state index is 14.3. The van der Waals surface area contributed by atoms with Crippen molar-refractivity contribution in [1.82, 2.24) is 14.8 Å². The highest BCUT2D eigenvalue weighted by atomic mass is 32.2. The monoisotopic (exact) mass is 825 g/mol. The van der Waals surface area contributed by atoms with E-state index < -0.39 is 76.2 Å². The molecule has 0 unspecified atom stereocenters. The summed E-state index contributed by atoms with van der Waals surface area (Å²) in [6.45, 7) is 7.42. The van der Waals surface area contributed by atoms with E-state index in [1.165, 1.54) is 30.1 Å². The van der Waals surface area contributed by atoms with Gasteiger partial charge in [-0.2, -0.15) is 13.1 Å². The first-order chi connectivity index (χ1) is 27.6. The van der Waals surface area contributed by atoms with Gasteiger partial charge in [0.05, 0.1) is 14.2 Å². The second-order valence-electron chi connectivity index (χ2n) is 12.8. The van der Waals surface area contributed by atoms with E-state index in [2.05, 4.69) is 23.2 Å². The zero-order valence-electron chi connectivity index (χ0n) is 31.7. The fraction of sp³-hybridized carbons (Fsp3) is 0.244. The summed E-state index contributed by atoms with van der Waals surface area (Å²) in [7, 11) is -2.13. The van der Waals surface area contributed by atoms with Crippen LogP contribution in [0.2, 0.25) is 0 Å². The molecule has 0 heterocycles. The zero-order chi connectivity index (χ0) is 42.4. The molecular weight excluding hydrogens is 783 g/mol. The number of hydrogen-bond acceptors (Lipinski definition) is 7. The van der Waals surface area contributed by atoms with Gasteiger partial charge in [0.25, 0.3) is 0 Å². The summed E-state index contributed by atoms with van der Waals surface area (Å²) in [4.78, 5) is 44.4. The summed E-state index contributed by atoms with van der Waals surface area (Å²) in [6, 6.07) is 12.7. The maximum Gasteiger partial charge on any atom is 0.330 e. The van der Waals surface area contributed by atoms with Gasteiger partial charge in [-0.3, -0.25) is 9.59 Å². The fourth-order valence-electron chi connectivity index (χ4n) is 5.91. The van der Waals surface area contributed by atoms with Crippen LogP contribution in [0.15, 0.2) is 110 Å². The topological polar surface area (TPSA) is 146 Å². The van der Waals surface area contributed by atoms with Gasteiger partial charge in [0.1, 0.15) is 46.9 Å². The van der Waals surface area contributed by atoms with Crippen molar-refractivity contribution in [3.63, 3.8) is 0 Å². The molecule has 17 heteroatoms. The average molecular weight is 826 g/mol. The van der Waals surface area contributed by atoms with E-state index >= 15 is 0 Å². The van der Waals surface area contributed by atoms with Crippen molar-refractivity contribution in [2.45, 2.75) is 37.8 Å². The first-order valence-electron chi connectivity index (χ1n) is 17.8. The third kappa shape index (κ3) is 12.9. The molecule has 3 N–H and O–H groups in total. The van der Waals surface area contributed by atoms with Gasteiger partial charge in [-0.25, -0.2) is 27.1 Å². The van der Waals surface area contributed by atoms with Gasteiger partial charge < -0.3 is 24.6 Å². The van der Waals surface area contributed by atoms with Crippen LogP contribution in [-0.4, -0.2) is 65.7 Å². The summed E-state index contributed by atoms with van der Waals surface area (Å²) in [5.74, 6) is -4.57. The van der Waals surface area contributed by atoms with E-state index in [4.69, 9.17) is 9.47 Å². The number of ether oxygens (including phenoxy) is 2. The van der Waals surface area contributed by atoms with E-state index in [0.29, 0.717) is 35.0 Å². The van der Waals surface area contributed by atoms with Crippen LogP contribution in [0, 0.1) is 23.3 Å². The molecule has 0 aliphatic heterocycles. The third-order valence-electron chi connectivity index (χ3n) is 8.56. The number of rotatable bonds is 20. The molecule has 0 fully saturated rings. The molecule has 4 rings (SSSR count). The van der Waals surface area contributed by atoms with E-state index in [-0.39, 0.29) is 37.1 Å². The van der Waals surface area contributed by atoms with Crippen LogP contribution in [-0.2, 0) is 32.6 Å². The number of carbonyl (C=O) groups is 3. The van der Waals surface area contributed by atoms with Crippen molar-refractivity contribution in [3.8, 4) is 11.5 Å². The van der Waals surface area contributed by atoms with Crippen molar-refractivity contribution in [2.24, 2.45) is 0 Å². The lowest BCUT2D eigenvalue weighted by Gasteiger charge is -2.29. The summed E-state index contributed by atoms with van der Waals surface area (Å²) >= 11 is 0. The standard InChI is InChI=1S/C41H43F4N5O7S/c1-5-7-17-49(33-9-13-35(56-3)14-10-33)39(51)37(23-27-19-29(42)25-30(43)20-27)46-41(53)48-58(54,55)47-38(24-28-21-31(44)26-32(45)22-28)40(52)50(18-8-6-2)34-11-15-36(57-4)16-12-34/h5-6,9-16,19-22,25-26,37-38,47H,1-2,7-8,17-18,23-24H2,3-4H3,(H2,46,48,53)/t37-,38-/m0/s1. The summed E-state index contributed by atoms with van der Waals surface area (Å²) in [6.07, 6.45) is 2.57. The molecule has 0 saturated heterocycles. The van der Waals surface area contributed by atoms with Crippen molar-refractivity contribution >= 4 is 39.4 Å². The van der Waals surface area contributed by atoms with Gasteiger partial charge in [0.15, 0.2) is 0 Å². The van der Waals surface area contributed by atoms with E-state index in [0.717, 1.165) is 24.3 Å². The Labute approximate surface area is 334 Å². The lowest BCUT2D eigenvalue weighted by atomic mass is 10.0. The molecule has 0 aliphatic carbocycles. The number of carbonyl (C=O) groups excluding carboxylic acids is 3. The Kier molecular flexibility index (Phi) is 16.0. The van der Waals surface area contributed by atoms with Gasteiger partial charge in [-0.15, -0.1) is 13.2 Å². The van der Waals surface area contributed by atoms with Crippen molar-refractivity contribution < 1.29 is 49.8 Å². The minimum absolute atomic E-state index is 0.0132. The molecule has 58 heavy (non-hydrogen) atoms. The van der Waals surface area contributed by atoms with Crippen LogP contribution >= 0.6 is 0 Å². The lowest BCUT2D eigenvalue weighted by molar-refractivity contribution is -0.121. The number of amides is 4. The van der Waals surface area contributed by atoms with E-state index in [9.17, 15) is 40.4 Å². The molecule has 12 nitrogen and oxygen atoms in total. The minimum Gasteiger partial charge on any atom is -0.497 e. The maximum atomic E-state index is 14.3. The molecule has 308 valence electrons. The Morgan fingerprint density at radius 2 is 1.03 bits per heavy atom. The first-order valence-corrected chi connectivity index (χ1v) is 19.3. The summed E-state index contributed by atoms with van der Waals surface area (Å²) < 4.78 is 98.5. The smallest absolute Gasteiger partial charge is 0.330 e. The largest absolute Gasteiger partial charge is 0.497 e. The number of nitrogens with zero attached hydrogens (tertiary/aromatic N) is 2. The van der Waals surface area contributed by atoms with Gasteiger partial charge in [-0.1, -0.05) is 12.2 Å². The van der Waals surface area contributed by atoms with Gasteiger partial charge >= 0.3 is 16.2 Å². The molecule has 0 radical (unpaired) electrons. The third-order valence-corrected chi connectivity index (χ3v) is 9.61. The normalized spacial score (nSPS) is 12.1. The molecular formula is C41H43F4N5O7S. The number of hydrogen-bond donors (Lipinski definition) is 3. The molecule has 0 aromatic heterocycles. The molecule has 4 amide bonds. The second-order valence-corrected chi connectivity index (χ2v) is 14.2. The SMILES string of the molecule is C=CCCN(C(=O)[C@H](Cc1cc(F)cc(F)c1)NC(=O)NS(=O)(=O)N[C@@H](Cc1cc(F)cc(F)c1)C(=O)N(CCC=C)c1ccc(OC)cc1)c1ccc(OC)cc1. The highest BCUT2D eigenvalue weighted by Gasteiger charge is 2.33. The van der Waals surface area contributed by atoms with Gasteiger partial charge in [0.2, 0.25) is 11.8 Å². The molecule has 0 spiro atoms. The fourth-order valence-corrected chi connectivity index (χ4v) is 6.83.